The largest absolute Gasteiger partial charge is 0.305 e. The zero-order chi connectivity index (χ0) is 11.5. The molecule has 0 spiro atoms. The number of piperazine rings is 1. The van der Waals surface area contributed by atoms with Gasteiger partial charge in [-0.05, 0) is 40.3 Å². The number of likely N-dealkylation sites (tertiary alicyclic amines) is 1. The van der Waals surface area contributed by atoms with Crippen molar-refractivity contribution >= 4 is 0 Å². The minimum atomic E-state index is 0.719. The second-order valence-corrected chi connectivity index (χ2v) is 5.72. The van der Waals surface area contributed by atoms with Crippen LogP contribution in [0.2, 0.25) is 0 Å². The lowest BCUT2D eigenvalue weighted by molar-refractivity contribution is 0.0485. The van der Waals surface area contributed by atoms with Crippen LogP contribution in [-0.4, -0.2) is 73.1 Å². The van der Waals surface area contributed by atoms with Crippen molar-refractivity contribution in [2.45, 2.75) is 38.8 Å². The molecule has 0 aromatic heterocycles. The third kappa shape index (κ3) is 2.96. The Morgan fingerprint density at radius 3 is 2.25 bits per heavy atom. The Hall–Kier alpha value is -0.120. The van der Waals surface area contributed by atoms with Gasteiger partial charge in [-0.2, -0.15) is 0 Å². The average Bonchev–Trinajstić information content (AvgIpc) is 2.29. The number of nitrogens with zero attached hydrogens (tertiary/aromatic N) is 3. The first kappa shape index (κ1) is 12.3. The van der Waals surface area contributed by atoms with Gasteiger partial charge < -0.3 is 4.90 Å². The summed E-state index contributed by atoms with van der Waals surface area (Å²) >= 11 is 0. The first-order valence-electron chi connectivity index (χ1n) is 6.83. The zero-order valence-corrected chi connectivity index (χ0v) is 11.2. The van der Waals surface area contributed by atoms with Crippen LogP contribution in [0.15, 0.2) is 0 Å². The molecule has 94 valence electrons. The van der Waals surface area contributed by atoms with Gasteiger partial charge in [0.25, 0.3) is 0 Å². The van der Waals surface area contributed by atoms with Crippen molar-refractivity contribution in [2.24, 2.45) is 0 Å². The molecule has 3 heteroatoms. The molecule has 0 N–H and O–H groups in total. The van der Waals surface area contributed by atoms with Crippen molar-refractivity contribution in [3.05, 3.63) is 0 Å². The monoisotopic (exact) mass is 225 g/mol. The van der Waals surface area contributed by atoms with E-state index in [-0.39, 0.29) is 0 Å². The average molecular weight is 225 g/mol. The topological polar surface area (TPSA) is 9.72 Å². The summed E-state index contributed by atoms with van der Waals surface area (Å²) in [5.74, 6) is 0. The van der Waals surface area contributed by atoms with Gasteiger partial charge in [0.1, 0.15) is 0 Å². The van der Waals surface area contributed by atoms with E-state index in [9.17, 15) is 0 Å². The molecular weight excluding hydrogens is 198 g/mol. The fourth-order valence-electron chi connectivity index (χ4n) is 3.06. The summed E-state index contributed by atoms with van der Waals surface area (Å²) in [5, 5.41) is 0. The molecule has 2 aliphatic rings. The van der Waals surface area contributed by atoms with Crippen LogP contribution in [0.3, 0.4) is 0 Å². The molecular formula is C13H27N3. The first-order chi connectivity index (χ1) is 7.66. The van der Waals surface area contributed by atoms with E-state index in [1.807, 2.05) is 0 Å². The Morgan fingerprint density at radius 1 is 1.00 bits per heavy atom. The Morgan fingerprint density at radius 2 is 1.69 bits per heavy atom. The third-order valence-corrected chi connectivity index (χ3v) is 4.20. The van der Waals surface area contributed by atoms with Crippen LogP contribution in [0.1, 0.15) is 26.7 Å². The molecule has 2 fully saturated rings. The lowest BCUT2D eigenvalue weighted by Crippen LogP contribution is -2.55. The van der Waals surface area contributed by atoms with Crippen LogP contribution in [0.5, 0.6) is 0 Å². The SMILES string of the molecule is CC(C)N1CCN(C2CCCN(C)C2)CC1. The van der Waals surface area contributed by atoms with E-state index in [4.69, 9.17) is 0 Å². The fraction of sp³-hybridized carbons (Fsp3) is 1.00. The summed E-state index contributed by atoms with van der Waals surface area (Å²) in [5.41, 5.74) is 0. The summed E-state index contributed by atoms with van der Waals surface area (Å²) in [6.07, 6.45) is 2.79. The van der Waals surface area contributed by atoms with Crippen LogP contribution in [0.4, 0.5) is 0 Å². The van der Waals surface area contributed by atoms with Gasteiger partial charge in [-0.25, -0.2) is 0 Å². The molecule has 2 aliphatic heterocycles. The maximum Gasteiger partial charge on any atom is 0.0224 e. The summed E-state index contributed by atoms with van der Waals surface area (Å²) < 4.78 is 0. The maximum absolute atomic E-state index is 2.72. The minimum Gasteiger partial charge on any atom is -0.305 e. The lowest BCUT2D eigenvalue weighted by atomic mass is 10.0. The molecule has 2 rings (SSSR count). The standard InChI is InChI=1S/C13H27N3/c1-12(2)15-7-9-16(10-8-15)13-5-4-6-14(3)11-13/h12-13H,4-11H2,1-3H3. The van der Waals surface area contributed by atoms with E-state index in [2.05, 4.69) is 35.6 Å². The van der Waals surface area contributed by atoms with E-state index in [0.717, 1.165) is 12.1 Å². The van der Waals surface area contributed by atoms with Crippen molar-refractivity contribution in [1.82, 2.24) is 14.7 Å². The van der Waals surface area contributed by atoms with E-state index >= 15 is 0 Å². The third-order valence-electron chi connectivity index (χ3n) is 4.20. The van der Waals surface area contributed by atoms with E-state index in [1.165, 1.54) is 52.1 Å². The second kappa shape index (κ2) is 5.48. The predicted octanol–water partition coefficient (Wildman–Crippen LogP) is 1.11. The Bertz CT molecular complexity index is 209. The van der Waals surface area contributed by atoms with Crippen LogP contribution in [0, 0.1) is 0 Å². The van der Waals surface area contributed by atoms with Crippen molar-refractivity contribution in [1.29, 1.82) is 0 Å². The van der Waals surface area contributed by atoms with Gasteiger partial charge in [-0.3, -0.25) is 9.80 Å². The van der Waals surface area contributed by atoms with Gasteiger partial charge in [0.05, 0.1) is 0 Å². The van der Waals surface area contributed by atoms with Gasteiger partial charge in [-0.15, -0.1) is 0 Å². The molecule has 2 saturated heterocycles. The van der Waals surface area contributed by atoms with Crippen LogP contribution >= 0.6 is 0 Å². The Balaban J connectivity index is 1.79. The van der Waals surface area contributed by atoms with Gasteiger partial charge >= 0.3 is 0 Å². The summed E-state index contributed by atoms with van der Waals surface area (Å²) in [4.78, 5) is 7.81. The second-order valence-electron chi connectivity index (χ2n) is 5.72. The smallest absolute Gasteiger partial charge is 0.0224 e. The maximum atomic E-state index is 2.72. The van der Waals surface area contributed by atoms with Gasteiger partial charge in [0.15, 0.2) is 0 Å². The Labute approximate surface area is 100 Å². The van der Waals surface area contributed by atoms with Gasteiger partial charge in [0, 0.05) is 44.8 Å². The first-order valence-corrected chi connectivity index (χ1v) is 6.83. The van der Waals surface area contributed by atoms with Crippen molar-refractivity contribution in [3.8, 4) is 0 Å². The summed E-state index contributed by atoms with van der Waals surface area (Å²) in [7, 11) is 2.26. The number of rotatable bonds is 2. The molecule has 1 unspecified atom stereocenters. The molecule has 0 bridgehead atoms. The number of piperidine rings is 1. The Kier molecular flexibility index (Phi) is 4.22. The molecule has 1 atom stereocenters. The molecule has 0 aromatic carbocycles. The molecule has 3 nitrogen and oxygen atoms in total. The van der Waals surface area contributed by atoms with Crippen LogP contribution in [-0.2, 0) is 0 Å². The minimum absolute atomic E-state index is 0.719. The fourth-order valence-corrected chi connectivity index (χ4v) is 3.06. The lowest BCUT2D eigenvalue weighted by Gasteiger charge is -2.43. The molecule has 0 radical (unpaired) electrons. The molecule has 0 saturated carbocycles. The van der Waals surface area contributed by atoms with Crippen LogP contribution in [0.25, 0.3) is 0 Å². The highest BCUT2D eigenvalue weighted by Crippen LogP contribution is 2.17. The number of hydrogen-bond donors (Lipinski definition) is 0. The van der Waals surface area contributed by atoms with Crippen molar-refractivity contribution < 1.29 is 0 Å². The predicted molar refractivity (Wildman–Crippen MR) is 68.8 cm³/mol. The summed E-state index contributed by atoms with van der Waals surface area (Å²) in [6, 6.07) is 1.55. The highest BCUT2D eigenvalue weighted by molar-refractivity contribution is 4.83. The van der Waals surface area contributed by atoms with E-state index in [0.29, 0.717) is 0 Å². The normalized spacial score (nSPS) is 31.1. The van der Waals surface area contributed by atoms with Crippen molar-refractivity contribution in [3.63, 3.8) is 0 Å². The number of hydrogen-bond acceptors (Lipinski definition) is 3. The molecule has 0 aliphatic carbocycles. The molecule has 2 heterocycles. The number of likely N-dealkylation sites (N-methyl/N-ethyl adjacent to an activating group) is 1. The van der Waals surface area contributed by atoms with Crippen LogP contribution < -0.4 is 0 Å². The highest BCUT2D eigenvalue weighted by atomic mass is 15.3. The highest BCUT2D eigenvalue weighted by Gasteiger charge is 2.27. The molecule has 0 aromatic rings. The van der Waals surface area contributed by atoms with Crippen molar-refractivity contribution in [2.75, 3.05) is 46.3 Å². The van der Waals surface area contributed by atoms with Gasteiger partial charge in [0.2, 0.25) is 0 Å². The molecule has 0 amide bonds. The van der Waals surface area contributed by atoms with Gasteiger partial charge in [-0.1, -0.05) is 0 Å². The summed E-state index contributed by atoms with van der Waals surface area (Å²) in [6.45, 7) is 12.3. The zero-order valence-electron chi connectivity index (χ0n) is 11.2. The van der Waals surface area contributed by atoms with E-state index in [1.54, 1.807) is 0 Å². The van der Waals surface area contributed by atoms with E-state index < -0.39 is 0 Å². The quantitative estimate of drug-likeness (QED) is 0.697. The molecule has 16 heavy (non-hydrogen) atoms.